The standard InChI is InChI=1S/C9H7F3NO/c10-7-2-5(1-6(13)4-14)3-8(11)9(7)12/h2-3,6H,1,13H2/t6-/m0/s1. The second kappa shape index (κ2) is 4.23. The van der Waals surface area contributed by atoms with Gasteiger partial charge < -0.3 is 5.73 Å². The lowest BCUT2D eigenvalue weighted by Crippen LogP contribution is -2.24. The molecule has 14 heavy (non-hydrogen) atoms. The molecule has 0 aliphatic heterocycles. The van der Waals surface area contributed by atoms with Crippen LogP contribution in [0, 0.1) is 17.5 Å². The molecule has 0 aliphatic rings. The average molecular weight is 202 g/mol. The van der Waals surface area contributed by atoms with Crippen LogP contribution in [-0.4, -0.2) is 12.3 Å². The summed E-state index contributed by atoms with van der Waals surface area (Å²) in [6.45, 7) is 0. The molecule has 0 heterocycles. The lowest BCUT2D eigenvalue weighted by Gasteiger charge is -2.04. The van der Waals surface area contributed by atoms with Gasteiger partial charge in [0.05, 0.1) is 6.04 Å². The summed E-state index contributed by atoms with van der Waals surface area (Å²) in [4.78, 5) is 10.0. The predicted molar refractivity (Wildman–Crippen MR) is 43.7 cm³/mol. The van der Waals surface area contributed by atoms with E-state index in [9.17, 15) is 18.0 Å². The number of halogens is 3. The second-order valence-electron chi connectivity index (χ2n) is 2.80. The van der Waals surface area contributed by atoms with E-state index in [1.807, 2.05) is 0 Å². The molecule has 0 unspecified atom stereocenters. The molecule has 75 valence electrons. The maximum absolute atomic E-state index is 12.6. The summed E-state index contributed by atoms with van der Waals surface area (Å²) in [5.41, 5.74) is 5.30. The molecule has 2 nitrogen and oxygen atoms in total. The van der Waals surface area contributed by atoms with E-state index >= 15 is 0 Å². The van der Waals surface area contributed by atoms with E-state index in [1.54, 1.807) is 0 Å². The van der Waals surface area contributed by atoms with Crippen LogP contribution >= 0.6 is 0 Å². The summed E-state index contributed by atoms with van der Waals surface area (Å²) in [6, 6.07) is 0.643. The third-order valence-electron chi connectivity index (χ3n) is 1.65. The minimum atomic E-state index is -1.53. The van der Waals surface area contributed by atoms with Crippen LogP contribution in [-0.2, 0) is 11.2 Å². The third-order valence-corrected chi connectivity index (χ3v) is 1.65. The molecular formula is C9H7F3NO. The van der Waals surface area contributed by atoms with Crippen molar-refractivity contribution in [2.45, 2.75) is 12.5 Å². The SMILES string of the molecule is N[C@H]([C]=O)Cc1cc(F)c(F)c(F)c1. The fourth-order valence-corrected chi connectivity index (χ4v) is 1.02. The van der Waals surface area contributed by atoms with Crippen LogP contribution in [0.15, 0.2) is 12.1 Å². The largest absolute Gasteiger partial charge is 0.321 e. The molecule has 0 bridgehead atoms. The van der Waals surface area contributed by atoms with Gasteiger partial charge in [0.15, 0.2) is 17.5 Å². The number of nitrogens with two attached hydrogens (primary N) is 1. The Labute approximate surface area is 78.5 Å². The third kappa shape index (κ3) is 2.32. The summed E-state index contributed by atoms with van der Waals surface area (Å²) < 4.78 is 37.8. The predicted octanol–water partition coefficient (Wildman–Crippen LogP) is 1.08. The van der Waals surface area contributed by atoms with Crippen LogP contribution < -0.4 is 5.73 Å². The summed E-state index contributed by atoms with van der Waals surface area (Å²) >= 11 is 0. The number of benzene rings is 1. The molecule has 5 heteroatoms. The van der Waals surface area contributed by atoms with Gasteiger partial charge in [0.25, 0.3) is 0 Å². The molecule has 1 radical (unpaired) electrons. The highest BCUT2D eigenvalue weighted by molar-refractivity contribution is 5.58. The Morgan fingerprint density at radius 2 is 1.79 bits per heavy atom. The first kappa shape index (κ1) is 10.7. The van der Waals surface area contributed by atoms with Gasteiger partial charge >= 0.3 is 0 Å². The van der Waals surface area contributed by atoms with Crippen LogP contribution in [0.25, 0.3) is 0 Å². The van der Waals surface area contributed by atoms with Crippen LogP contribution in [0.2, 0.25) is 0 Å². The van der Waals surface area contributed by atoms with Gasteiger partial charge in [-0.15, -0.1) is 0 Å². The fourth-order valence-electron chi connectivity index (χ4n) is 1.02. The first-order valence-corrected chi connectivity index (χ1v) is 3.81. The molecule has 0 saturated carbocycles. The molecule has 1 aromatic carbocycles. The van der Waals surface area contributed by atoms with Crippen molar-refractivity contribution in [1.82, 2.24) is 0 Å². The van der Waals surface area contributed by atoms with Crippen molar-refractivity contribution in [1.29, 1.82) is 0 Å². The molecule has 0 aromatic heterocycles. The molecule has 1 atom stereocenters. The highest BCUT2D eigenvalue weighted by Gasteiger charge is 2.12. The number of hydrogen-bond donors (Lipinski definition) is 1. The molecular weight excluding hydrogens is 195 g/mol. The zero-order chi connectivity index (χ0) is 10.7. The number of hydrogen-bond acceptors (Lipinski definition) is 2. The first-order valence-electron chi connectivity index (χ1n) is 3.81. The van der Waals surface area contributed by atoms with Gasteiger partial charge in [-0.05, 0) is 24.1 Å². The zero-order valence-electron chi connectivity index (χ0n) is 7.06. The quantitative estimate of drug-likeness (QED) is 0.745. The Balaban J connectivity index is 2.95. The molecule has 0 fully saturated rings. The average Bonchev–Trinajstić information content (AvgIpc) is 2.14. The Hall–Kier alpha value is -1.36. The highest BCUT2D eigenvalue weighted by atomic mass is 19.2. The first-order chi connectivity index (χ1) is 6.54. The van der Waals surface area contributed by atoms with Crippen molar-refractivity contribution in [3.05, 3.63) is 35.1 Å². The number of carbonyl (C=O) groups excluding carboxylic acids is 1. The molecule has 0 saturated heterocycles. The summed E-state index contributed by atoms with van der Waals surface area (Å²) in [5, 5.41) is 0. The van der Waals surface area contributed by atoms with E-state index in [2.05, 4.69) is 0 Å². The topological polar surface area (TPSA) is 43.1 Å². The minimum Gasteiger partial charge on any atom is -0.321 e. The van der Waals surface area contributed by atoms with Crippen molar-refractivity contribution in [3.8, 4) is 0 Å². The molecule has 0 aliphatic carbocycles. The van der Waals surface area contributed by atoms with E-state index in [4.69, 9.17) is 5.73 Å². The second-order valence-corrected chi connectivity index (χ2v) is 2.80. The Kier molecular flexibility index (Phi) is 3.24. The van der Waals surface area contributed by atoms with Gasteiger partial charge in [0.1, 0.15) is 0 Å². The fraction of sp³-hybridized carbons (Fsp3) is 0.222. The molecule has 2 N–H and O–H groups in total. The van der Waals surface area contributed by atoms with E-state index in [0.717, 1.165) is 12.1 Å². The van der Waals surface area contributed by atoms with Crippen LogP contribution in [0.4, 0.5) is 13.2 Å². The van der Waals surface area contributed by atoms with E-state index in [0.29, 0.717) is 0 Å². The lowest BCUT2D eigenvalue weighted by atomic mass is 10.1. The summed E-state index contributed by atoms with van der Waals surface area (Å²) in [5.74, 6) is -4.12. The van der Waals surface area contributed by atoms with E-state index < -0.39 is 23.5 Å². The highest BCUT2D eigenvalue weighted by Crippen LogP contribution is 2.14. The van der Waals surface area contributed by atoms with E-state index in [1.165, 1.54) is 6.29 Å². The van der Waals surface area contributed by atoms with Crippen molar-refractivity contribution in [3.63, 3.8) is 0 Å². The van der Waals surface area contributed by atoms with Crippen molar-refractivity contribution >= 4 is 6.29 Å². The van der Waals surface area contributed by atoms with E-state index in [-0.39, 0.29) is 12.0 Å². The molecule has 0 amide bonds. The molecule has 1 aromatic rings. The summed E-state index contributed by atoms with van der Waals surface area (Å²) in [6.07, 6.45) is 1.38. The maximum atomic E-state index is 12.6. The van der Waals surface area contributed by atoms with Crippen LogP contribution in [0.3, 0.4) is 0 Å². The van der Waals surface area contributed by atoms with Gasteiger partial charge in [-0.25, -0.2) is 13.2 Å². The smallest absolute Gasteiger partial charge is 0.217 e. The van der Waals surface area contributed by atoms with Gasteiger partial charge in [0, 0.05) is 0 Å². The van der Waals surface area contributed by atoms with Crippen LogP contribution in [0.1, 0.15) is 5.56 Å². The van der Waals surface area contributed by atoms with Gasteiger partial charge in [-0.3, -0.25) is 4.79 Å². The van der Waals surface area contributed by atoms with Crippen molar-refractivity contribution < 1.29 is 18.0 Å². The summed E-state index contributed by atoms with van der Waals surface area (Å²) in [7, 11) is 0. The zero-order valence-corrected chi connectivity index (χ0v) is 7.06. The molecule has 1 rings (SSSR count). The Morgan fingerprint density at radius 1 is 1.29 bits per heavy atom. The Morgan fingerprint density at radius 3 is 2.21 bits per heavy atom. The van der Waals surface area contributed by atoms with Gasteiger partial charge in [-0.1, -0.05) is 0 Å². The van der Waals surface area contributed by atoms with Crippen molar-refractivity contribution in [2.75, 3.05) is 0 Å². The normalized spacial score (nSPS) is 12.6. The van der Waals surface area contributed by atoms with Crippen molar-refractivity contribution in [2.24, 2.45) is 5.73 Å². The minimum absolute atomic E-state index is 0.0718. The van der Waals surface area contributed by atoms with Gasteiger partial charge in [0.2, 0.25) is 6.29 Å². The molecule has 0 spiro atoms. The van der Waals surface area contributed by atoms with Gasteiger partial charge in [-0.2, -0.15) is 0 Å². The lowest BCUT2D eigenvalue weighted by molar-refractivity contribution is 0.445. The van der Waals surface area contributed by atoms with Crippen LogP contribution in [0.5, 0.6) is 0 Å². The Bertz CT molecular complexity index is 331. The maximum Gasteiger partial charge on any atom is 0.217 e. The number of rotatable bonds is 3. The monoisotopic (exact) mass is 202 g/mol.